The van der Waals surface area contributed by atoms with Gasteiger partial charge in [-0.05, 0) is 36.6 Å². The van der Waals surface area contributed by atoms with E-state index in [0.717, 1.165) is 51.1 Å². The summed E-state index contributed by atoms with van der Waals surface area (Å²) in [5.74, 6) is 0.0803. The van der Waals surface area contributed by atoms with Gasteiger partial charge >= 0.3 is 0 Å². The third-order valence-electron chi connectivity index (χ3n) is 5.15. The smallest absolute Gasteiger partial charge is 0.222 e. The number of carbonyl (C=O) groups is 1. The fourth-order valence-corrected chi connectivity index (χ4v) is 3.94. The molecule has 2 aliphatic rings. The monoisotopic (exact) mass is 342 g/mol. The second-order valence-corrected chi connectivity index (χ2v) is 6.99. The number of rotatable bonds is 5. The summed E-state index contributed by atoms with van der Waals surface area (Å²) in [6.07, 6.45) is 4.40. The Morgan fingerprint density at radius 2 is 2.20 bits per heavy atom. The van der Waals surface area contributed by atoms with Crippen LogP contribution in [-0.2, 0) is 17.9 Å². The molecule has 0 spiro atoms. The van der Waals surface area contributed by atoms with Crippen LogP contribution in [0.5, 0.6) is 0 Å². The minimum atomic E-state index is -0.191. The van der Waals surface area contributed by atoms with Gasteiger partial charge in [0.15, 0.2) is 0 Å². The van der Waals surface area contributed by atoms with E-state index in [9.17, 15) is 9.18 Å². The van der Waals surface area contributed by atoms with Crippen molar-refractivity contribution in [2.24, 2.45) is 0 Å². The summed E-state index contributed by atoms with van der Waals surface area (Å²) in [6, 6.07) is 9.10. The molecule has 1 saturated heterocycles. The summed E-state index contributed by atoms with van der Waals surface area (Å²) in [4.78, 5) is 16.1. The number of fused-ring (bicyclic) bond motifs is 1. The van der Waals surface area contributed by atoms with Crippen molar-refractivity contribution in [2.75, 3.05) is 19.6 Å². The van der Waals surface area contributed by atoms with Crippen LogP contribution in [0.25, 0.3) is 0 Å². The molecule has 0 radical (unpaired) electrons. The molecular formula is C19H23FN4O. The number of benzene rings is 1. The minimum Gasteiger partial charge on any atom is -0.343 e. The van der Waals surface area contributed by atoms with Crippen molar-refractivity contribution in [3.05, 3.63) is 53.6 Å². The molecule has 25 heavy (non-hydrogen) atoms. The fourth-order valence-electron chi connectivity index (χ4n) is 3.94. The van der Waals surface area contributed by atoms with Crippen LogP contribution in [0, 0.1) is 5.82 Å². The van der Waals surface area contributed by atoms with Gasteiger partial charge in [0.2, 0.25) is 5.91 Å². The van der Waals surface area contributed by atoms with Crippen LogP contribution < -0.4 is 0 Å². The van der Waals surface area contributed by atoms with Gasteiger partial charge in [-0.3, -0.25) is 14.4 Å². The molecule has 1 amide bonds. The molecular weight excluding hydrogens is 319 g/mol. The largest absolute Gasteiger partial charge is 0.343 e. The average molecular weight is 342 g/mol. The third-order valence-corrected chi connectivity index (χ3v) is 5.15. The van der Waals surface area contributed by atoms with Crippen molar-refractivity contribution in [3.8, 4) is 0 Å². The molecule has 132 valence electrons. The van der Waals surface area contributed by atoms with Crippen LogP contribution in [0.3, 0.4) is 0 Å². The molecule has 1 aromatic carbocycles. The van der Waals surface area contributed by atoms with Crippen LogP contribution in [0.15, 0.2) is 36.5 Å². The molecule has 6 heteroatoms. The van der Waals surface area contributed by atoms with Crippen LogP contribution in [-0.4, -0.2) is 45.1 Å². The van der Waals surface area contributed by atoms with Crippen molar-refractivity contribution < 1.29 is 9.18 Å². The molecule has 0 saturated carbocycles. The van der Waals surface area contributed by atoms with E-state index in [1.807, 2.05) is 23.2 Å². The third kappa shape index (κ3) is 3.58. The molecule has 4 rings (SSSR count). The van der Waals surface area contributed by atoms with E-state index in [0.29, 0.717) is 6.42 Å². The Bertz CT molecular complexity index is 759. The lowest BCUT2D eigenvalue weighted by Gasteiger charge is -2.34. The first-order valence-electron chi connectivity index (χ1n) is 8.96. The number of likely N-dealkylation sites (tertiary alicyclic amines) is 1. The Labute approximate surface area is 147 Å². The predicted octanol–water partition coefficient (Wildman–Crippen LogP) is 2.59. The summed E-state index contributed by atoms with van der Waals surface area (Å²) in [6.45, 7) is 4.08. The van der Waals surface area contributed by atoms with Gasteiger partial charge in [0.05, 0.1) is 11.7 Å². The number of amides is 1. The molecule has 1 atom stereocenters. The maximum absolute atomic E-state index is 13.4. The lowest BCUT2D eigenvalue weighted by Crippen LogP contribution is -2.39. The number of nitrogens with zero attached hydrogens (tertiary/aromatic N) is 4. The van der Waals surface area contributed by atoms with Gasteiger partial charge in [-0.2, -0.15) is 5.10 Å². The molecule has 1 aromatic heterocycles. The first-order valence-corrected chi connectivity index (χ1v) is 8.96. The highest BCUT2D eigenvalue weighted by Gasteiger charge is 2.27. The second-order valence-electron chi connectivity index (χ2n) is 6.99. The lowest BCUT2D eigenvalue weighted by molar-refractivity contribution is -0.127. The summed E-state index contributed by atoms with van der Waals surface area (Å²) >= 11 is 0. The molecule has 0 aliphatic carbocycles. The Morgan fingerprint density at radius 1 is 1.28 bits per heavy atom. The predicted molar refractivity (Wildman–Crippen MR) is 92.2 cm³/mol. The van der Waals surface area contributed by atoms with Crippen molar-refractivity contribution in [2.45, 2.75) is 38.4 Å². The van der Waals surface area contributed by atoms with Crippen molar-refractivity contribution in [3.63, 3.8) is 0 Å². The highest BCUT2D eigenvalue weighted by Crippen LogP contribution is 2.25. The first-order chi connectivity index (χ1) is 12.2. The van der Waals surface area contributed by atoms with E-state index >= 15 is 0 Å². The Balaban J connectivity index is 1.44. The zero-order valence-corrected chi connectivity index (χ0v) is 14.3. The van der Waals surface area contributed by atoms with E-state index in [1.165, 1.54) is 11.8 Å². The molecule has 5 nitrogen and oxygen atoms in total. The number of hydrogen-bond acceptors (Lipinski definition) is 3. The first kappa shape index (κ1) is 16.3. The Kier molecular flexibility index (Phi) is 4.53. The maximum Gasteiger partial charge on any atom is 0.222 e. The fraction of sp³-hybridized carbons (Fsp3) is 0.474. The van der Waals surface area contributed by atoms with E-state index in [1.54, 1.807) is 12.1 Å². The lowest BCUT2D eigenvalue weighted by atomic mass is 10.1. The summed E-state index contributed by atoms with van der Waals surface area (Å²) < 4.78 is 15.5. The van der Waals surface area contributed by atoms with Gasteiger partial charge in [0, 0.05) is 45.3 Å². The molecule has 1 fully saturated rings. The van der Waals surface area contributed by atoms with Crippen molar-refractivity contribution in [1.82, 2.24) is 19.6 Å². The van der Waals surface area contributed by atoms with Crippen LogP contribution in [0.4, 0.5) is 4.39 Å². The van der Waals surface area contributed by atoms with Crippen LogP contribution in [0.2, 0.25) is 0 Å². The van der Waals surface area contributed by atoms with Gasteiger partial charge in [-0.1, -0.05) is 12.1 Å². The molecule has 0 unspecified atom stereocenters. The quantitative estimate of drug-likeness (QED) is 0.839. The van der Waals surface area contributed by atoms with Gasteiger partial charge in [-0.25, -0.2) is 4.39 Å². The molecule has 2 aromatic rings. The summed E-state index contributed by atoms with van der Waals surface area (Å²) in [7, 11) is 0. The van der Waals surface area contributed by atoms with E-state index in [-0.39, 0.29) is 17.8 Å². The average Bonchev–Trinajstić information content (AvgIpc) is 3.21. The summed E-state index contributed by atoms with van der Waals surface area (Å²) in [5, 5.41) is 4.48. The molecule has 0 bridgehead atoms. The van der Waals surface area contributed by atoms with E-state index < -0.39 is 0 Å². The molecule has 0 N–H and O–H groups in total. The Hall–Kier alpha value is -2.21. The summed E-state index contributed by atoms with van der Waals surface area (Å²) in [5.41, 5.74) is 2.17. The van der Waals surface area contributed by atoms with Gasteiger partial charge in [0.25, 0.3) is 0 Å². The van der Waals surface area contributed by atoms with Gasteiger partial charge in [-0.15, -0.1) is 0 Å². The van der Waals surface area contributed by atoms with Gasteiger partial charge in [0.1, 0.15) is 5.82 Å². The van der Waals surface area contributed by atoms with Crippen molar-refractivity contribution >= 4 is 5.91 Å². The Morgan fingerprint density at radius 3 is 3.00 bits per heavy atom. The second kappa shape index (κ2) is 6.96. The highest BCUT2D eigenvalue weighted by atomic mass is 19.1. The number of carbonyl (C=O) groups excluding carboxylic acids is 1. The number of halogens is 1. The number of aromatic nitrogens is 2. The molecule has 3 heterocycles. The van der Waals surface area contributed by atoms with Crippen LogP contribution >= 0.6 is 0 Å². The van der Waals surface area contributed by atoms with Crippen LogP contribution in [0.1, 0.15) is 36.6 Å². The van der Waals surface area contributed by atoms with E-state index in [2.05, 4.69) is 14.7 Å². The van der Waals surface area contributed by atoms with E-state index in [4.69, 9.17) is 0 Å². The minimum absolute atomic E-state index is 0.191. The van der Waals surface area contributed by atoms with Crippen molar-refractivity contribution in [1.29, 1.82) is 0 Å². The molecule has 2 aliphatic heterocycles. The maximum atomic E-state index is 13.4. The zero-order valence-electron chi connectivity index (χ0n) is 14.3. The SMILES string of the molecule is O=C1CCCN1CC[C@H]1CN(Cc2cccc(F)c2)Cc2ccnn21. The normalized spacial score (nSPS) is 20.9. The van der Waals surface area contributed by atoms with Gasteiger partial charge < -0.3 is 4.90 Å². The highest BCUT2D eigenvalue weighted by molar-refractivity contribution is 5.77. The zero-order chi connectivity index (χ0) is 17.2. The number of hydrogen-bond donors (Lipinski definition) is 0. The standard InChI is InChI=1S/C19H23FN4O/c20-16-4-1-3-15(11-16)12-22-13-17-6-8-21-24(17)18(14-22)7-10-23-9-2-5-19(23)25/h1,3-4,6,8,11,18H,2,5,7,9-10,12-14H2/t18-/m0/s1. The topological polar surface area (TPSA) is 41.4 Å².